The van der Waals surface area contributed by atoms with E-state index in [1.165, 1.54) is 0 Å². The average molecular weight is 495 g/mol. The van der Waals surface area contributed by atoms with Crippen LogP contribution < -0.4 is 10.6 Å². The number of hydrogen-bond donors (Lipinski definition) is 2. The highest BCUT2D eigenvalue weighted by atomic mass is 16.7. The van der Waals surface area contributed by atoms with E-state index in [1.54, 1.807) is 25.7 Å². The molecule has 0 bridgehead atoms. The standard InChI is InChI=1S/C25H46BN3O6/c1-15(2)18(27-22(32)33-23(5,6)7)21(31)29-14-12-13-17(29)20(30)28-19(16(3)4)26-34-24(8,9)25(10,11)35-26/h15-19H,12-14H2,1-11H3,(H,27,32)(H,28,30)/t17-,18-,19+/m0/s1. The lowest BCUT2D eigenvalue weighted by Gasteiger charge is -2.32. The summed E-state index contributed by atoms with van der Waals surface area (Å²) in [7, 11) is -0.591. The fourth-order valence-electron chi connectivity index (χ4n) is 4.27. The van der Waals surface area contributed by atoms with Crippen molar-refractivity contribution < 1.29 is 28.4 Å². The van der Waals surface area contributed by atoms with Gasteiger partial charge in [-0.25, -0.2) is 4.79 Å². The number of amides is 3. The molecule has 2 N–H and O–H groups in total. The minimum atomic E-state index is -0.790. The minimum Gasteiger partial charge on any atom is -0.444 e. The van der Waals surface area contributed by atoms with Crippen molar-refractivity contribution in [2.75, 3.05) is 6.54 Å². The van der Waals surface area contributed by atoms with E-state index in [9.17, 15) is 14.4 Å². The number of rotatable bonds is 7. The predicted molar refractivity (Wildman–Crippen MR) is 136 cm³/mol. The summed E-state index contributed by atoms with van der Waals surface area (Å²) in [6.07, 6.45) is 0.623. The number of nitrogens with one attached hydrogen (secondary N) is 2. The lowest BCUT2D eigenvalue weighted by atomic mass is 9.72. The van der Waals surface area contributed by atoms with E-state index in [0.29, 0.717) is 19.4 Å². The van der Waals surface area contributed by atoms with Gasteiger partial charge in [0.2, 0.25) is 11.8 Å². The molecule has 200 valence electrons. The first-order chi connectivity index (χ1) is 15.9. The third-order valence-electron chi connectivity index (χ3n) is 7.04. The molecular weight excluding hydrogens is 449 g/mol. The van der Waals surface area contributed by atoms with Crippen molar-refractivity contribution in [3.8, 4) is 0 Å². The predicted octanol–water partition coefficient (Wildman–Crippen LogP) is 3.30. The van der Waals surface area contributed by atoms with Gasteiger partial charge in [0.15, 0.2) is 0 Å². The van der Waals surface area contributed by atoms with Crippen molar-refractivity contribution in [1.82, 2.24) is 15.5 Å². The molecule has 2 fully saturated rings. The normalized spacial score (nSPS) is 23.4. The zero-order valence-electron chi connectivity index (χ0n) is 23.5. The molecule has 3 amide bonds. The summed E-state index contributed by atoms with van der Waals surface area (Å²) in [4.78, 5) is 40.9. The number of ether oxygens (including phenoxy) is 1. The van der Waals surface area contributed by atoms with E-state index in [0.717, 1.165) is 0 Å². The van der Waals surface area contributed by atoms with Gasteiger partial charge in [-0.3, -0.25) is 9.59 Å². The van der Waals surface area contributed by atoms with Crippen molar-refractivity contribution in [3.63, 3.8) is 0 Å². The summed E-state index contributed by atoms with van der Waals surface area (Å²) in [6.45, 7) is 21.4. The van der Waals surface area contributed by atoms with Crippen LogP contribution in [0.25, 0.3) is 0 Å². The number of hydrogen-bond acceptors (Lipinski definition) is 6. The van der Waals surface area contributed by atoms with E-state index < -0.39 is 42.1 Å². The first-order valence-corrected chi connectivity index (χ1v) is 12.8. The highest BCUT2D eigenvalue weighted by molar-refractivity contribution is 6.48. The van der Waals surface area contributed by atoms with Crippen LogP contribution in [0.1, 0.15) is 89.0 Å². The Labute approximate surface area is 211 Å². The van der Waals surface area contributed by atoms with Gasteiger partial charge in [-0.1, -0.05) is 27.7 Å². The topological polar surface area (TPSA) is 106 Å². The van der Waals surface area contributed by atoms with Crippen molar-refractivity contribution >= 4 is 25.0 Å². The van der Waals surface area contributed by atoms with Crippen LogP contribution in [0.2, 0.25) is 0 Å². The van der Waals surface area contributed by atoms with Gasteiger partial charge in [0.1, 0.15) is 17.7 Å². The molecule has 2 aliphatic rings. The Balaban J connectivity index is 2.14. The Morgan fingerprint density at radius 2 is 1.51 bits per heavy atom. The molecule has 0 spiro atoms. The molecule has 2 aliphatic heterocycles. The van der Waals surface area contributed by atoms with Crippen LogP contribution >= 0.6 is 0 Å². The summed E-state index contributed by atoms with van der Waals surface area (Å²) in [6, 6.07) is -1.41. The Hall–Kier alpha value is -1.81. The number of carbonyl (C=O) groups is 3. The molecule has 2 rings (SSSR count). The van der Waals surface area contributed by atoms with E-state index in [4.69, 9.17) is 14.0 Å². The molecule has 35 heavy (non-hydrogen) atoms. The van der Waals surface area contributed by atoms with Gasteiger partial charge in [0, 0.05) is 6.54 Å². The monoisotopic (exact) mass is 495 g/mol. The lowest BCUT2D eigenvalue weighted by molar-refractivity contribution is -0.141. The van der Waals surface area contributed by atoms with E-state index >= 15 is 0 Å². The van der Waals surface area contributed by atoms with Gasteiger partial charge in [-0.05, 0) is 73.1 Å². The Morgan fingerprint density at radius 3 is 1.97 bits per heavy atom. The highest BCUT2D eigenvalue weighted by Gasteiger charge is 2.55. The fourth-order valence-corrected chi connectivity index (χ4v) is 4.27. The van der Waals surface area contributed by atoms with Crippen molar-refractivity contribution in [1.29, 1.82) is 0 Å². The van der Waals surface area contributed by atoms with Crippen LogP contribution in [-0.4, -0.2) is 71.3 Å². The number of nitrogens with zero attached hydrogens (tertiary/aromatic N) is 1. The fraction of sp³-hybridized carbons (Fsp3) is 0.880. The maximum absolute atomic E-state index is 13.5. The zero-order valence-corrected chi connectivity index (χ0v) is 23.5. The molecule has 2 heterocycles. The van der Waals surface area contributed by atoms with Crippen LogP contribution in [0.5, 0.6) is 0 Å². The van der Waals surface area contributed by atoms with Crippen molar-refractivity contribution in [3.05, 3.63) is 0 Å². The molecule has 0 aromatic rings. The molecule has 10 heteroatoms. The van der Waals surface area contributed by atoms with Crippen LogP contribution in [0.3, 0.4) is 0 Å². The third-order valence-corrected chi connectivity index (χ3v) is 7.04. The van der Waals surface area contributed by atoms with Gasteiger partial charge in [-0.15, -0.1) is 0 Å². The highest BCUT2D eigenvalue weighted by Crippen LogP contribution is 2.38. The SMILES string of the molecule is CC(C)[C@H](NC(=O)OC(C)(C)C)C(=O)N1CCC[C@H]1C(=O)N[C@@H](B1OC(C)(C)C(C)(C)O1)C(C)C. The number of likely N-dealkylation sites (tertiary alicyclic amines) is 1. The maximum Gasteiger partial charge on any atom is 0.482 e. The maximum atomic E-state index is 13.5. The summed E-state index contributed by atoms with van der Waals surface area (Å²) in [5, 5.41) is 5.81. The van der Waals surface area contributed by atoms with Crippen LogP contribution in [-0.2, 0) is 23.6 Å². The van der Waals surface area contributed by atoms with E-state index in [2.05, 4.69) is 10.6 Å². The molecule has 0 unspecified atom stereocenters. The quantitative estimate of drug-likeness (QED) is 0.525. The van der Waals surface area contributed by atoms with Crippen molar-refractivity contribution in [2.24, 2.45) is 11.8 Å². The van der Waals surface area contributed by atoms with E-state index in [-0.39, 0.29) is 29.6 Å². The second-order valence-electron chi connectivity index (χ2n) is 12.5. The number of alkyl carbamates (subject to hydrolysis) is 1. The Kier molecular flexibility index (Phi) is 8.97. The first kappa shape index (κ1) is 29.4. The minimum absolute atomic E-state index is 0.0523. The molecule has 0 aromatic heterocycles. The summed E-state index contributed by atoms with van der Waals surface area (Å²) in [5.74, 6) is -1.00. The van der Waals surface area contributed by atoms with Crippen LogP contribution in [0, 0.1) is 11.8 Å². The first-order valence-electron chi connectivity index (χ1n) is 12.8. The van der Waals surface area contributed by atoms with E-state index in [1.807, 2.05) is 55.4 Å². The third kappa shape index (κ3) is 7.12. The van der Waals surface area contributed by atoms with Gasteiger partial charge in [0.05, 0.1) is 17.1 Å². The zero-order chi connectivity index (χ0) is 26.9. The largest absolute Gasteiger partial charge is 0.482 e. The molecule has 0 radical (unpaired) electrons. The second kappa shape index (κ2) is 10.7. The molecule has 0 aliphatic carbocycles. The molecule has 2 saturated heterocycles. The molecule has 0 saturated carbocycles. The van der Waals surface area contributed by atoms with Gasteiger partial charge in [-0.2, -0.15) is 0 Å². The van der Waals surface area contributed by atoms with Crippen LogP contribution in [0.4, 0.5) is 4.79 Å². The smallest absolute Gasteiger partial charge is 0.444 e. The van der Waals surface area contributed by atoms with Crippen LogP contribution in [0.15, 0.2) is 0 Å². The average Bonchev–Trinajstić information content (AvgIpc) is 3.24. The van der Waals surface area contributed by atoms with Gasteiger partial charge < -0.3 is 29.6 Å². The summed E-state index contributed by atoms with van der Waals surface area (Å²) in [5.41, 5.74) is -1.70. The van der Waals surface area contributed by atoms with Crippen molar-refractivity contribution in [2.45, 2.75) is 124 Å². The molecular formula is C25H46BN3O6. The Morgan fingerprint density at radius 1 is 0.971 bits per heavy atom. The number of carbonyl (C=O) groups excluding carboxylic acids is 3. The molecule has 0 aromatic carbocycles. The second-order valence-corrected chi connectivity index (χ2v) is 12.5. The summed E-state index contributed by atoms with van der Waals surface area (Å²) < 4.78 is 17.7. The molecule has 3 atom stereocenters. The lowest BCUT2D eigenvalue weighted by Crippen LogP contribution is -2.58. The molecule has 9 nitrogen and oxygen atoms in total. The summed E-state index contributed by atoms with van der Waals surface area (Å²) >= 11 is 0. The van der Waals surface area contributed by atoms with Gasteiger partial charge >= 0.3 is 13.2 Å². The van der Waals surface area contributed by atoms with Gasteiger partial charge in [0.25, 0.3) is 0 Å². The Bertz CT molecular complexity index is 777.